The Balaban J connectivity index is 2.11. The molecular formula is C12H15NO4. The van der Waals surface area contributed by atoms with Crippen molar-refractivity contribution in [3.63, 3.8) is 0 Å². The number of carboxylic acids is 1. The van der Waals surface area contributed by atoms with E-state index in [0.29, 0.717) is 13.1 Å². The predicted molar refractivity (Wildman–Crippen MR) is 62.4 cm³/mol. The van der Waals surface area contributed by atoms with E-state index < -0.39 is 12.1 Å². The van der Waals surface area contributed by atoms with Gasteiger partial charge in [-0.05, 0) is 24.3 Å². The number of aromatic carboxylic acids is 1. The first kappa shape index (κ1) is 11.9. The first-order valence-corrected chi connectivity index (χ1v) is 5.41. The molecule has 2 rings (SSSR count). The quantitative estimate of drug-likeness (QED) is 0.804. The van der Waals surface area contributed by atoms with Crippen molar-refractivity contribution in [1.82, 2.24) is 0 Å². The van der Waals surface area contributed by atoms with Crippen LogP contribution in [-0.2, 0) is 4.74 Å². The van der Waals surface area contributed by atoms with E-state index in [1.54, 1.807) is 31.4 Å². The van der Waals surface area contributed by atoms with E-state index in [4.69, 9.17) is 9.84 Å². The number of ether oxygens (including phenoxy) is 1. The lowest BCUT2D eigenvalue weighted by atomic mass is 10.2. The van der Waals surface area contributed by atoms with Crippen LogP contribution in [0.15, 0.2) is 24.3 Å². The normalized spacial score (nSPS) is 24.0. The van der Waals surface area contributed by atoms with Gasteiger partial charge >= 0.3 is 5.97 Å². The van der Waals surface area contributed by atoms with E-state index in [1.165, 1.54) is 0 Å². The Morgan fingerprint density at radius 2 is 2.00 bits per heavy atom. The molecule has 1 fully saturated rings. The number of aliphatic hydroxyl groups excluding tert-OH is 1. The number of anilines is 1. The van der Waals surface area contributed by atoms with E-state index in [2.05, 4.69) is 0 Å². The van der Waals surface area contributed by atoms with Gasteiger partial charge in [-0.25, -0.2) is 4.79 Å². The largest absolute Gasteiger partial charge is 0.478 e. The number of β-amino-alcohol motifs (C(OH)–C–C–N with tert-alkyl or cyclic N) is 1. The van der Waals surface area contributed by atoms with E-state index in [0.717, 1.165) is 5.69 Å². The Bertz CT molecular complexity index is 403. The maximum Gasteiger partial charge on any atom is 0.335 e. The zero-order valence-corrected chi connectivity index (χ0v) is 9.54. The lowest BCUT2D eigenvalue weighted by Crippen LogP contribution is -2.25. The molecule has 1 aliphatic heterocycles. The van der Waals surface area contributed by atoms with Crippen molar-refractivity contribution in [2.24, 2.45) is 0 Å². The Kier molecular flexibility index (Phi) is 3.31. The van der Waals surface area contributed by atoms with Crippen LogP contribution < -0.4 is 4.90 Å². The fourth-order valence-corrected chi connectivity index (χ4v) is 2.01. The van der Waals surface area contributed by atoms with Gasteiger partial charge in [-0.15, -0.1) is 0 Å². The summed E-state index contributed by atoms with van der Waals surface area (Å²) in [7, 11) is 1.57. The standard InChI is InChI=1S/C12H15NO4/c1-17-11-7-13(6-10(11)14)9-4-2-8(3-5-9)12(15)16/h2-5,10-11,14H,6-7H2,1H3,(H,15,16). The van der Waals surface area contributed by atoms with Crippen LogP contribution in [0.1, 0.15) is 10.4 Å². The number of nitrogens with zero attached hydrogens (tertiary/aromatic N) is 1. The van der Waals surface area contributed by atoms with Gasteiger partial charge in [0.1, 0.15) is 6.10 Å². The highest BCUT2D eigenvalue weighted by Crippen LogP contribution is 2.22. The number of aliphatic hydroxyl groups is 1. The summed E-state index contributed by atoms with van der Waals surface area (Å²) < 4.78 is 5.15. The average molecular weight is 237 g/mol. The number of carbonyl (C=O) groups is 1. The Hall–Kier alpha value is -1.59. The van der Waals surface area contributed by atoms with E-state index in [9.17, 15) is 9.90 Å². The van der Waals surface area contributed by atoms with E-state index in [-0.39, 0.29) is 11.7 Å². The number of carboxylic acid groups (broad SMARTS) is 1. The van der Waals surface area contributed by atoms with Crippen molar-refractivity contribution in [1.29, 1.82) is 0 Å². The minimum Gasteiger partial charge on any atom is -0.478 e. The van der Waals surface area contributed by atoms with Gasteiger partial charge in [-0.2, -0.15) is 0 Å². The number of methoxy groups -OCH3 is 1. The lowest BCUT2D eigenvalue weighted by molar-refractivity contribution is 0.0217. The van der Waals surface area contributed by atoms with Crippen LogP contribution in [0.5, 0.6) is 0 Å². The van der Waals surface area contributed by atoms with Crippen LogP contribution in [-0.4, -0.2) is 48.6 Å². The minimum absolute atomic E-state index is 0.186. The maximum atomic E-state index is 10.7. The number of hydrogen-bond acceptors (Lipinski definition) is 4. The Morgan fingerprint density at radius 1 is 1.35 bits per heavy atom. The molecule has 0 spiro atoms. The molecule has 5 heteroatoms. The second-order valence-corrected chi connectivity index (χ2v) is 4.10. The molecule has 0 amide bonds. The number of hydrogen-bond donors (Lipinski definition) is 2. The SMILES string of the molecule is COC1CN(c2ccc(C(=O)O)cc2)CC1O. The fourth-order valence-electron chi connectivity index (χ4n) is 2.01. The molecule has 1 aromatic carbocycles. The predicted octanol–water partition coefficient (Wildman–Crippen LogP) is 0.581. The van der Waals surface area contributed by atoms with Gasteiger partial charge in [0.2, 0.25) is 0 Å². The molecule has 5 nitrogen and oxygen atoms in total. The summed E-state index contributed by atoms with van der Waals surface area (Å²) in [6, 6.07) is 6.61. The number of rotatable bonds is 3. The highest BCUT2D eigenvalue weighted by atomic mass is 16.5. The van der Waals surface area contributed by atoms with Crippen LogP contribution in [0, 0.1) is 0 Å². The van der Waals surface area contributed by atoms with Crippen LogP contribution in [0.2, 0.25) is 0 Å². The van der Waals surface area contributed by atoms with Crippen LogP contribution in [0.3, 0.4) is 0 Å². The molecular weight excluding hydrogens is 222 g/mol. The van der Waals surface area contributed by atoms with Crippen molar-refractivity contribution in [3.05, 3.63) is 29.8 Å². The van der Waals surface area contributed by atoms with Gasteiger partial charge in [0, 0.05) is 25.9 Å². The molecule has 1 saturated heterocycles. The topological polar surface area (TPSA) is 70.0 Å². The molecule has 1 aromatic rings. The van der Waals surface area contributed by atoms with Crippen LogP contribution in [0.4, 0.5) is 5.69 Å². The van der Waals surface area contributed by atoms with Crippen molar-refractivity contribution in [2.45, 2.75) is 12.2 Å². The van der Waals surface area contributed by atoms with Crippen molar-refractivity contribution < 1.29 is 19.7 Å². The van der Waals surface area contributed by atoms with E-state index >= 15 is 0 Å². The second-order valence-electron chi connectivity index (χ2n) is 4.10. The molecule has 17 heavy (non-hydrogen) atoms. The molecule has 92 valence electrons. The molecule has 1 aliphatic rings. The molecule has 0 saturated carbocycles. The monoisotopic (exact) mass is 237 g/mol. The molecule has 0 bridgehead atoms. The highest BCUT2D eigenvalue weighted by molar-refractivity contribution is 5.88. The minimum atomic E-state index is -0.937. The average Bonchev–Trinajstić information content (AvgIpc) is 2.70. The molecule has 0 radical (unpaired) electrons. The Labute approximate surface area is 99.2 Å². The first-order chi connectivity index (χ1) is 8.11. The lowest BCUT2D eigenvalue weighted by Gasteiger charge is -2.17. The smallest absolute Gasteiger partial charge is 0.335 e. The number of benzene rings is 1. The summed E-state index contributed by atoms with van der Waals surface area (Å²) >= 11 is 0. The van der Waals surface area contributed by atoms with Crippen molar-refractivity contribution in [3.8, 4) is 0 Å². The van der Waals surface area contributed by atoms with Crippen LogP contribution in [0.25, 0.3) is 0 Å². The van der Waals surface area contributed by atoms with Crippen molar-refractivity contribution in [2.75, 3.05) is 25.1 Å². The molecule has 2 unspecified atom stereocenters. The van der Waals surface area contributed by atoms with Gasteiger partial charge in [-0.3, -0.25) is 0 Å². The van der Waals surface area contributed by atoms with Gasteiger partial charge < -0.3 is 19.8 Å². The zero-order valence-electron chi connectivity index (χ0n) is 9.54. The summed E-state index contributed by atoms with van der Waals surface area (Å²) in [6.07, 6.45) is -0.687. The molecule has 2 atom stereocenters. The third-order valence-electron chi connectivity index (χ3n) is 3.02. The van der Waals surface area contributed by atoms with Gasteiger partial charge in [0.15, 0.2) is 0 Å². The summed E-state index contributed by atoms with van der Waals surface area (Å²) in [5.41, 5.74) is 1.16. The van der Waals surface area contributed by atoms with Gasteiger partial charge in [0.25, 0.3) is 0 Å². The van der Waals surface area contributed by atoms with E-state index in [1.807, 2.05) is 4.90 Å². The highest BCUT2D eigenvalue weighted by Gasteiger charge is 2.31. The summed E-state index contributed by atoms with van der Waals surface area (Å²) in [6.45, 7) is 1.12. The van der Waals surface area contributed by atoms with Crippen LogP contribution >= 0.6 is 0 Å². The second kappa shape index (κ2) is 4.73. The van der Waals surface area contributed by atoms with Crippen molar-refractivity contribution >= 4 is 11.7 Å². The Morgan fingerprint density at radius 3 is 2.47 bits per heavy atom. The third kappa shape index (κ3) is 2.40. The summed E-state index contributed by atoms with van der Waals surface area (Å²) in [5.74, 6) is -0.937. The maximum absolute atomic E-state index is 10.7. The fraction of sp³-hybridized carbons (Fsp3) is 0.417. The van der Waals surface area contributed by atoms with Gasteiger partial charge in [0.05, 0.1) is 11.7 Å². The zero-order chi connectivity index (χ0) is 12.4. The third-order valence-corrected chi connectivity index (χ3v) is 3.02. The molecule has 1 heterocycles. The summed E-state index contributed by atoms with van der Waals surface area (Å²) in [4.78, 5) is 12.7. The summed E-state index contributed by atoms with van der Waals surface area (Å²) in [5, 5.41) is 18.5. The van der Waals surface area contributed by atoms with Gasteiger partial charge in [-0.1, -0.05) is 0 Å². The first-order valence-electron chi connectivity index (χ1n) is 5.41. The molecule has 2 N–H and O–H groups in total. The molecule has 0 aromatic heterocycles. The molecule has 0 aliphatic carbocycles.